The molecule has 10 nitrogen and oxygen atoms in total. The SMILES string of the molecule is CC(=O)O.CC(=O)O.COc1cc2cc(OC)c(-c3ccc(Cl)cc3F)cc2cc1-c1ccc(Cl)cc1F.COc1cc2cc(OC)c(Br)cc2cc1Br.OB(O)c1ccc(Cl)cc1F.Pc1[c-]cccc1.[Pd]. The number of benzene rings is 8. The molecule has 1 unspecified atom stereocenters. The Balaban J connectivity index is 0.000000354. The molecule has 8 aromatic carbocycles. The van der Waals surface area contributed by atoms with Crippen molar-refractivity contribution in [3.8, 4) is 45.3 Å². The number of carbonyl (C=O) groups is 2. The van der Waals surface area contributed by atoms with Crippen molar-refractivity contribution in [2.45, 2.75) is 13.8 Å². The van der Waals surface area contributed by atoms with Crippen LogP contribution < -0.4 is 29.7 Å². The molecule has 0 radical (unpaired) electrons. The maximum atomic E-state index is 14.6. The van der Waals surface area contributed by atoms with Crippen LogP contribution in [0, 0.1) is 23.5 Å². The van der Waals surface area contributed by atoms with Crippen LogP contribution in [0.1, 0.15) is 13.8 Å². The molecule has 0 aromatic heterocycles. The third kappa shape index (κ3) is 20.4. The molecule has 8 aromatic rings. The predicted molar refractivity (Wildman–Crippen MR) is 293 cm³/mol. The summed E-state index contributed by atoms with van der Waals surface area (Å²) in [4.78, 5) is 18.0. The average molecular weight is 1300 g/mol. The molecular weight excluding hydrogens is 1260 g/mol. The molecule has 1 atom stereocenters. The fourth-order valence-electron chi connectivity index (χ4n) is 6.17. The Bertz CT molecular complexity index is 2970. The number of methoxy groups -OCH3 is 4. The van der Waals surface area contributed by atoms with Crippen LogP contribution in [-0.4, -0.2) is 67.8 Å². The van der Waals surface area contributed by atoms with Crippen molar-refractivity contribution in [1.29, 1.82) is 0 Å². The van der Waals surface area contributed by atoms with Gasteiger partial charge in [-0.05, 0) is 150 Å². The summed E-state index contributed by atoms with van der Waals surface area (Å²) in [5, 5.41) is 37.7. The van der Waals surface area contributed by atoms with Crippen LogP contribution in [0.2, 0.25) is 15.1 Å². The molecule has 8 rings (SSSR count). The first kappa shape index (κ1) is 64.2. The van der Waals surface area contributed by atoms with Crippen molar-refractivity contribution in [1.82, 2.24) is 0 Å². The predicted octanol–water partition coefficient (Wildman–Crippen LogP) is 13.5. The Morgan fingerprint density at radius 1 is 0.534 bits per heavy atom. The van der Waals surface area contributed by atoms with Crippen LogP contribution in [0.25, 0.3) is 43.8 Å². The summed E-state index contributed by atoms with van der Waals surface area (Å²) in [5.41, 5.74) is 1.66. The zero-order valence-corrected chi connectivity index (χ0v) is 47.5. The van der Waals surface area contributed by atoms with E-state index in [1.165, 1.54) is 38.5 Å². The summed E-state index contributed by atoms with van der Waals surface area (Å²) in [5.74, 6) is -0.677. The minimum atomic E-state index is -1.78. The summed E-state index contributed by atoms with van der Waals surface area (Å²) < 4.78 is 65.3. The van der Waals surface area contributed by atoms with Crippen molar-refractivity contribution in [2.75, 3.05) is 28.4 Å². The Morgan fingerprint density at radius 3 is 1.18 bits per heavy atom. The summed E-state index contributed by atoms with van der Waals surface area (Å²) in [7, 11) is 7.14. The number of aliphatic carboxylic acids is 2. The van der Waals surface area contributed by atoms with Gasteiger partial charge in [-0.1, -0.05) is 40.9 Å². The molecule has 0 aliphatic heterocycles. The Kier molecular flexibility index (Phi) is 27.9. The topological polar surface area (TPSA) is 152 Å². The van der Waals surface area contributed by atoms with Gasteiger partial charge in [-0.25, -0.2) is 13.2 Å². The van der Waals surface area contributed by atoms with Crippen LogP contribution in [0.3, 0.4) is 0 Å². The monoisotopic (exact) mass is 1300 g/mol. The van der Waals surface area contributed by atoms with Crippen molar-refractivity contribution in [2.24, 2.45) is 0 Å². The minimum absolute atomic E-state index is 0. The van der Waals surface area contributed by atoms with Crippen molar-refractivity contribution < 1.29 is 82.4 Å². The van der Waals surface area contributed by atoms with Gasteiger partial charge in [-0.2, -0.15) is 30.3 Å². The largest absolute Gasteiger partial charge is 0.496 e. The first-order valence-corrected chi connectivity index (χ1v) is 23.9. The summed E-state index contributed by atoms with van der Waals surface area (Å²) in [6.45, 7) is 2.17. The Morgan fingerprint density at radius 2 is 0.877 bits per heavy atom. The molecule has 388 valence electrons. The number of carboxylic acid groups (broad SMARTS) is 2. The molecule has 4 N–H and O–H groups in total. The number of carboxylic acids is 2. The van der Waals surface area contributed by atoms with Gasteiger partial charge in [0.15, 0.2) is 0 Å². The van der Waals surface area contributed by atoms with Gasteiger partial charge in [0.1, 0.15) is 40.4 Å². The molecule has 0 amide bonds. The molecule has 73 heavy (non-hydrogen) atoms. The molecule has 0 spiro atoms. The van der Waals surface area contributed by atoms with Crippen LogP contribution >= 0.6 is 75.9 Å². The third-order valence-electron chi connectivity index (χ3n) is 9.27. The molecule has 0 saturated heterocycles. The van der Waals surface area contributed by atoms with E-state index in [1.54, 1.807) is 62.8 Å². The van der Waals surface area contributed by atoms with E-state index in [0.29, 0.717) is 43.8 Å². The first-order chi connectivity index (χ1) is 34.0. The number of rotatable bonds is 7. The number of hydrogen-bond donors (Lipinski definition) is 4. The van der Waals surface area contributed by atoms with E-state index in [1.807, 2.05) is 48.5 Å². The van der Waals surface area contributed by atoms with Crippen molar-refractivity contribution in [3.63, 3.8) is 0 Å². The first-order valence-electron chi connectivity index (χ1n) is 20.6. The van der Waals surface area contributed by atoms with Crippen molar-refractivity contribution >= 4 is 127 Å². The molecular formula is C52H45BBr2Cl3F3O10PPd-. The van der Waals surface area contributed by atoms with Gasteiger partial charge >= 0.3 is 7.12 Å². The summed E-state index contributed by atoms with van der Waals surface area (Å²) in [6, 6.07) is 38.6. The fraction of sp³-hybridized carbons (Fsp3) is 0.115. The average Bonchev–Trinajstić information content (AvgIpc) is 3.31. The second-order valence-electron chi connectivity index (χ2n) is 14.4. The van der Waals surface area contributed by atoms with E-state index in [9.17, 15) is 13.2 Å². The van der Waals surface area contributed by atoms with Crippen LogP contribution in [-0.2, 0) is 30.0 Å². The third-order valence-corrected chi connectivity index (χ3v) is 11.6. The van der Waals surface area contributed by atoms with Crippen molar-refractivity contribution in [3.05, 3.63) is 175 Å². The molecule has 0 heterocycles. The fourth-order valence-corrected chi connectivity index (χ4v) is 7.90. The molecule has 0 saturated carbocycles. The second kappa shape index (κ2) is 31.8. The molecule has 0 fully saturated rings. The number of hydrogen-bond acceptors (Lipinski definition) is 8. The molecule has 21 heteroatoms. The number of halogens is 8. The van der Waals surface area contributed by atoms with E-state index < -0.39 is 36.5 Å². The van der Waals surface area contributed by atoms with Crippen LogP contribution in [0.5, 0.6) is 23.0 Å². The molecule has 0 bridgehead atoms. The standard InChI is InChI=1S/C24H16Cl2F2O2.C12H10Br2O2.C6H5BClFO2.C6H6P.2C2H4O2.Pd/c1-29-23-9-14-10-24(30-2)20(18-6-4-16(26)12-22(18)28)8-13(14)7-19(23)17-5-3-15(25)11-21(17)27;1-15-11-5-8-6-12(16-2)10(14)4-7(8)3-9(11)13;8-4-1-2-5(7(10)11)6(9)3-4;7-6-4-2-1-3-5-6;2*1-2(3)4;/h3-12H,1-2H3;3-6H,1-2H3;1-3,10-11H;1-4H,7H2;2*1H3,(H,3,4);/q;;;-1;;;. The van der Waals surface area contributed by atoms with E-state index in [2.05, 4.69) is 47.2 Å². The normalized spacial score (nSPS) is 9.82. The van der Waals surface area contributed by atoms with Gasteiger partial charge in [0.25, 0.3) is 11.9 Å². The Labute approximate surface area is 468 Å². The van der Waals surface area contributed by atoms with E-state index in [4.69, 9.17) is 83.6 Å². The Hall–Kier alpha value is -4.88. The minimum Gasteiger partial charge on any atom is -0.496 e. The molecule has 0 aliphatic rings. The van der Waals surface area contributed by atoms with E-state index in [0.717, 1.165) is 67.2 Å². The van der Waals surface area contributed by atoms with Gasteiger partial charge in [0.2, 0.25) is 0 Å². The van der Waals surface area contributed by atoms with Crippen LogP contribution in [0.4, 0.5) is 13.2 Å². The smallest absolute Gasteiger partial charge is 0.491 e. The van der Waals surface area contributed by atoms with Crippen LogP contribution in [0.15, 0.2) is 136 Å². The zero-order chi connectivity index (χ0) is 53.8. The quantitative estimate of drug-likeness (QED) is 0.0689. The summed E-state index contributed by atoms with van der Waals surface area (Å²) >= 11 is 24.1. The van der Waals surface area contributed by atoms with Gasteiger partial charge in [-0.15, -0.1) is 14.5 Å². The summed E-state index contributed by atoms with van der Waals surface area (Å²) in [6.07, 6.45) is 0. The van der Waals surface area contributed by atoms with Gasteiger partial charge in [0, 0.05) is 77.1 Å². The van der Waals surface area contributed by atoms with E-state index in [-0.39, 0.29) is 30.9 Å². The molecule has 0 aliphatic carbocycles. The second-order valence-corrected chi connectivity index (χ2v) is 18.1. The maximum Gasteiger partial charge on any atom is 0.491 e. The maximum absolute atomic E-state index is 14.6. The van der Waals surface area contributed by atoms with Gasteiger partial charge in [0.05, 0.1) is 37.4 Å². The number of ether oxygens (including phenoxy) is 4. The van der Waals surface area contributed by atoms with Gasteiger partial charge < -0.3 is 39.2 Å². The van der Waals surface area contributed by atoms with E-state index >= 15 is 0 Å². The van der Waals surface area contributed by atoms with Gasteiger partial charge in [-0.3, -0.25) is 9.59 Å². The number of fused-ring (bicyclic) bond motifs is 2. The zero-order valence-electron chi connectivity index (χ0n) is 39.4.